The number of carbonyl (C=O) groups is 1. The Bertz CT molecular complexity index is 409. The number of hydrogen-bond acceptors (Lipinski definition) is 4. The van der Waals surface area contributed by atoms with Crippen LogP contribution < -0.4 is 0 Å². The van der Waals surface area contributed by atoms with Gasteiger partial charge in [0.2, 0.25) is 0 Å². The van der Waals surface area contributed by atoms with Crippen LogP contribution in [-0.2, 0) is 11.3 Å². The molecule has 0 bridgehead atoms. The first-order valence-electron chi connectivity index (χ1n) is 6.45. The second-order valence-corrected chi connectivity index (χ2v) is 4.78. The van der Waals surface area contributed by atoms with Gasteiger partial charge < -0.3 is 19.8 Å². The molecule has 5 heteroatoms. The van der Waals surface area contributed by atoms with Crippen LogP contribution in [0.4, 0.5) is 4.79 Å². The van der Waals surface area contributed by atoms with Crippen molar-refractivity contribution in [2.24, 2.45) is 5.92 Å². The number of rotatable bonds is 3. The Morgan fingerprint density at radius 3 is 2.79 bits per heavy atom. The first kappa shape index (κ1) is 13.8. The van der Waals surface area contributed by atoms with Crippen LogP contribution in [0.5, 0.6) is 0 Å². The van der Waals surface area contributed by atoms with E-state index in [1.165, 1.54) is 4.90 Å². The van der Waals surface area contributed by atoms with Crippen LogP contribution >= 0.6 is 0 Å². The monoisotopic (exact) mass is 265 g/mol. The molecule has 1 heterocycles. The van der Waals surface area contributed by atoms with Gasteiger partial charge in [-0.1, -0.05) is 30.3 Å². The number of piperidine rings is 1. The van der Waals surface area contributed by atoms with Crippen LogP contribution in [0.3, 0.4) is 0 Å². The molecule has 0 aliphatic carbocycles. The van der Waals surface area contributed by atoms with Gasteiger partial charge in [0.05, 0.1) is 12.7 Å². The van der Waals surface area contributed by atoms with Crippen LogP contribution in [0.15, 0.2) is 30.3 Å². The molecule has 1 aliphatic rings. The largest absolute Gasteiger partial charge is 0.445 e. The molecule has 5 nitrogen and oxygen atoms in total. The maximum atomic E-state index is 11.9. The molecule has 0 saturated carbocycles. The fourth-order valence-electron chi connectivity index (χ4n) is 2.18. The average Bonchev–Trinajstić information content (AvgIpc) is 2.46. The molecule has 2 unspecified atom stereocenters. The van der Waals surface area contributed by atoms with Crippen molar-refractivity contribution in [3.8, 4) is 0 Å². The Morgan fingerprint density at radius 1 is 1.37 bits per heavy atom. The second-order valence-electron chi connectivity index (χ2n) is 4.78. The van der Waals surface area contributed by atoms with Crippen LogP contribution in [0, 0.1) is 5.92 Å². The SMILES string of the molecule is O=C(OCc1ccccc1)N1CCC(O)C(CO)C1. The van der Waals surface area contributed by atoms with Gasteiger partial charge in [0.25, 0.3) is 0 Å². The molecule has 0 spiro atoms. The molecule has 2 N–H and O–H groups in total. The van der Waals surface area contributed by atoms with Crippen LogP contribution in [0.2, 0.25) is 0 Å². The molecule has 19 heavy (non-hydrogen) atoms. The van der Waals surface area contributed by atoms with Crippen molar-refractivity contribution >= 4 is 6.09 Å². The number of nitrogens with zero attached hydrogens (tertiary/aromatic N) is 1. The number of amides is 1. The molecule has 0 radical (unpaired) electrons. The van der Waals surface area contributed by atoms with Crippen molar-refractivity contribution in [2.45, 2.75) is 19.1 Å². The Hall–Kier alpha value is -1.59. The molecule has 1 saturated heterocycles. The second kappa shape index (κ2) is 6.54. The van der Waals surface area contributed by atoms with Crippen molar-refractivity contribution in [2.75, 3.05) is 19.7 Å². The Labute approximate surface area is 112 Å². The lowest BCUT2D eigenvalue weighted by Gasteiger charge is -2.34. The molecule has 1 aromatic carbocycles. The predicted molar refractivity (Wildman–Crippen MR) is 69.4 cm³/mol. The van der Waals surface area contributed by atoms with Gasteiger partial charge >= 0.3 is 6.09 Å². The van der Waals surface area contributed by atoms with E-state index in [9.17, 15) is 9.90 Å². The molecule has 1 aromatic rings. The van der Waals surface area contributed by atoms with Gasteiger partial charge in [0.15, 0.2) is 0 Å². The summed E-state index contributed by atoms with van der Waals surface area (Å²) in [7, 11) is 0. The van der Waals surface area contributed by atoms with Gasteiger partial charge in [-0.2, -0.15) is 0 Å². The summed E-state index contributed by atoms with van der Waals surface area (Å²) in [5.74, 6) is -0.280. The number of hydrogen-bond donors (Lipinski definition) is 2. The highest BCUT2D eigenvalue weighted by molar-refractivity contribution is 5.67. The van der Waals surface area contributed by atoms with E-state index in [-0.39, 0.29) is 19.1 Å². The Kier molecular flexibility index (Phi) is 4.76. The summed E-state index contributed by atoms with van der Waals surface area (Å²) in [5.41, 5.74) is 0.937. The standard InChI is InChI=1S/C14H19NO4/c16-9-12-8-15(7-6-13(12)17)14(18)19-10-11-4-2-1-3-5-11/h1-5,12-13,16-17H,6-10H2. The fraction of sp³-hybridized carbons (Fsp3) is 0.500. The van der Waals surface area contributed by atoms with Crippen molar-refractivity contribution in [3.63, 3.8) is 0 Å². The molecule has 2 rings (SSSR count). The Morgan fingerprint density at radius 2 is 2.11 bits per heavy atom. The fourth-order valence-corrected chi connectivity index (χ4v) is 2.18. The van der Waals surface area contributed by atoms with Gasteiger partial charge in [-0.05, 0) is 12.0 Å². The normalized spacial score (nSPS) is 23.2. The summed E-state index contributed by atoms with van der Waals surface area (Å²) in [6.45, 7) is 0.919. The maximum absolute atomic E-state index is 11.9. The number of aliphatic hydroxyl groups is 2. The number of likely N-dealkylation sites (tertiary alicyclic amines) is 1. The highest BCUT2D eigenvalue weighted by atomic mass is 16.6. The maximum Gasteiger partial charge on any atom is 0.410 e. The highest BCUT2D eigenvalue weighted by Crippen LogP contribution is 2.17. The highest BCUT2D eigenvalue weighted by Gasteiger charge is 2.30. The molecule has 0 aromatic heterocycles. The quantitative estimate of drug-likeness (QED) is 0.855. The van der Waals surface area contributed by atoms with E-state index < -0.39 is 12.2 Å². The van der Waals surface area contributed by atoms with Crippen LogP contribution in [0.1, 0.15) is 12.0 Å². The summed E-state index contributed by atoms with van der Waals surface area (Å²) in [4.78, 5) is 13.4. The van der Waals surface area contributed by atoms with Crippen LogP contribution in [0.25, 0.3) is 0 Å². The molecule has 1 aliphatic heterocycles. The smallest absolute Gasteiger partial charge is 0.410 e. The number of benzene rings is 1. The number of aliphatic hydroxyl groups excluding tert-OH is 2. The van der Waals surface area contributed by atoms with Gasteiger partial charge in [-0.25, -0.2) is 4.79 Å². The lowest BCUT2D eigenvalue weighted by Crippen LogP contribution is -2.47. The van der Waals surface area contributed by atoms with Gasteiger partial charge in [0.1, 0.15) is 6.61 Å². The zero-order valence-corrected chi connectivity index (χ0v) is 10.7. The third-order valence-electron chi connectivity index (χ3n) is 3.39. The van der Waals surface area contributed by atoms with Gasteiger partial charge in [-0.3, -0.25) is 0 Å². The molecule has 1 fully saturated rings. The van der Waals surface area contributed by atoms with E-state index in [2.05, 4.69) is 0 Å². The van der Waals surface area contributed by atoms with Gasteiger partial charge in [-0.15, -0.1) is 0 Å². The van der Waals surface area contributed by atoms with E-state index in [1.807, 2.05) is 30.3 Å². The average molecular weight is 265 g/mol. The van der Waals surface area contributed by atoms with E-state index in [0.29, 0.717) is 19.5 Å². The zero-order valence-electron chi connectivity index (χ0n) is 10.7. The van der Waals surface area contributed by atoms with Crippen molar-refractivity contribution in [1.29, 1.82) is 0 Å². The number of carbonyl (C=O) groups excluding carboxylic acids is 1. The lowest BCUT2D eigenvalue weighted by atomic mass is 9.96. The first-order chi connectivity index (χ1) is 9.20. The summed E-state index contributed by atoms with van der Waals surface area (Å²) < 4.78 is 5.22. The minimum atomic E-state index is -0.539. The summed E-state index contributed by atoms with van der Waals surface area (Å²) in [6.07, 6.45) is -0.455. The minimum absolute atomic E-state index is 0.121. The topological polar surface area (TPSA) is 70.0 Å². The van der Waals surface area contributed by atoms with Gasteiger partial charge in [0, 0.05) is 19.0 Å². The molecular formula is C14H19NO4. The summed E-state index contributed by atoms with van der Waals surface area (Å²) in [6, 6.07) is 9.47. The summed E-state index contributed by atoms with van der Waals surface area (Å²) >= 11 is 0. The minimum Gasteiger partial charge on any atom is -0.445 e. The van der Waals surface area contributed by atoms with E-state index >= 15 is 0 Å². The predicted octanol–water partition coefficient (Wildman–Crippen LogP) is 0.998. The van der Waals surface area contributed by atoms with Crippen molar-refractivity contribution in [3.05, 3.63) is 35.9 Å². The molecule has 2 atom stereocenters. The number of ether oxygens (including phenoxy) is 1. The van der Waals surface area contributed by atoms with Crippen LogP contribution in [-0.4, -0.2) is 47.0 Å². The molecule has 1 amide bonds. The lowest BCUT2D eigenvalue weighted by molar-refractivity contribution is -0.00221. The third-order valence-corrected chi connectivity index (χ3v) is 3.39. The molecular weight excluding hydrogens is 246 g/mol. The molecule has 104 valence electrons. The Balaban J connectivity index is 1.83. The van der Waals surface area contributed by atoms with E-state index in [0.717, 1.165) is 5.56 Å². The zero-order chi connectivity index (χ0) is 13.7. The van der Waals surface area contributed by atoms with Crippen molar-refractivity contribution < 1.29 is 19.7 Å². The van der Waals surface area contributed by atoms with Crippen molar-refractivity contribution in [1.82, 2.24) is 4.90 Å². The third kappa shape index (κ3) is 3.68. The van der Waals surface area contributed by atoms with E-state index in [4.69, 9.17) is 9.84 Å². The summed E-state index contributed by atoms with van der Waals surface area (Å²) in [5, 5.41) is 18.8. The first-order valence-corrected chi connectivity index (χ1v) is 6.45. The van der Waals surface area contributed by atoms with E-state index in [1.54, 1.807) is 0 Å².